The number of hydrogen-bond acceptors (Lipinski definition) is 5. The van der Waals surface area contributed by atoms with Gasteiger partial charge in [0.25, 0.3) is 5.56 Å². The minimum Gasteiger partial charge on any atom is -0.305 e. The topological polar surface area (TPSA) is 68.1 Å². The van der Waals surface area contributed by atoms with E-state index >= 15 is 0 Å². The van der Waals surface area contributed by atoms with E-state index in [2.05, 4.69) is 9.97 Å². The van der Waals surface area contributed by atoms with Gasteiger partial charge in [0.1, 0.15) is 12.4 Å². The molecule has 2 heterocycles. The fraction of sp³-hybridized carbons (Fsp3) is 0.143. The summed E-state index contributed by atoms with van der Waals surface area (Å²) in [7, 11) is 0. The van der Waals surface area contributed by atoms with Crippen LogP contribution in [0.5, 0.6) is 0 Å². The smallest absolute Gasteiger partial charge is 0.261 e. The average Bonchev–Trinajstić information content (AvgIpc) is 3.14. The first-order valence-electron chi connectivity index (χ1n) is 8.92. The number of amides is 1. The molecule has 2 aromatic heterocycles. The molecule has 0 saturated carbocycles. The van der Waals surface area contributed by atoms with Crippen molar-refractivity contribution >= 4 is 33.8 Å². The highest BCUT2D eigenvalue weighted by Gasteiger charge is 2.19. The Morgan fingerprint density at radius 3 is 2.66 bits per heavy atom. The Kier molecular flexibility index (Phi) is 5.18. The van der Waals surface area contributed by atoms with E-state index in [1.165, 1.54) is 51.4 Å². The van der Waals surface area contributed by atoms with Gasteiger partial charge in [-0.3, -0.25) is 14.2 Å². The molecule has 0 aliphatic carbocycles. The lowest BCUT2D eigenvalue weighted by atomic mass is 10.2. The highest BCUT2D eigenvalue weighted by atomic mass is 32.1. The number of carbonyl (C=O) groups excluding carboxylic acids is 1. The number of carbonyl (C=O) groups is 1. The van der Waals surface area contributed by atoms with Crippen molar-refractivity contribution in [2.24, 2.45) is 0 Å². The minimum atomic E-state index is -0.388. The Bertz CT molecular complexity index is 1230. The van der Waals surface area contributed by atoms with Crippen LogP contribution in [-0.2, 0) is 17.9 Å². The van der Waals surface area contributed by atoms with Crippen LogP contribution in [0.1, 0.15) is 10.7 Å². The molecule has 0 radical (unpaired) electrons. The molecule has 4 rings (SSSR count). The van der Waals surface area contributed by atoms with Crippen LogP contribution in [0.3, 0.4) is 0 Å². The number of fused-ring (bicyclic) bond motifs is 1. The highest BCUT2D eigenvalue weighted by molar-refractivity contribution is 7.09. The summed E-state index contributed by atoms with van der Waals surface area (Å²) in [5.41, 5.74) is 1.56. The number of aryl methyl sites for hydroxylation is 1. The standard InChI is InChI=1S/C21H17FN4O2S/c1-14-24-16(12-29-14)10-26(17-8-6-15(22)7-9-17)20(27)11-25-13-23-19-5-3-2-4-18(19)21(25)28/h2-9,12-13H,10-11H2,1H3. The number of anilines is 1. The number of benzene rings is 2. The van der Waals surface area contributed by atoms with E-state index in [4.69, 9.17) is 0 Å². The van der Waals surface area contributed by atoms with E-state index in [1.54, 1.807) is 24.3 Å². The minimum absolute atomic E-state index is 0.183. The third-order valence-electron chi connectivity index (χ3n) is 4.46. The molecule has 29 heavy (non-hydrogen) atoms. The fourth-order valence-corrected chi connectivity index (χ4v) is 3.64. The van der Waals surface area contributed by atoms with Crippen LogP contribution < -0.4 is 10.5 Å². The summed E-state index contributed by atoms with van der Waals surface area (Å²) in [4.78, 5) is 36.0. The quantitative estimate of drug-likeness (QED) is 0.507. The third kappa shape index (κ3) is 4.07. The van der Waals surface area contributed by atoms with E-state index in [-0.39, 0.29) is 30.4 Å². The predicted octanol–water partition coefficient (Wildman–Crippen LogP) is 3.53. The van der Waals surface area contributed by atoms with Crippen LogP contribution in [0.15, 0.2) is 65.0 Å². The Morgan fingerprint density at radius 2 is 1.93 bits per heavy atom. The molecule has 0 aliphatic rings. The summed E-state index contributed by atoms with van der Waals surface area (Å²) in [6.07, 6.45) is 1.37. The lowest BCUT2D eigenvalue weighted by Gasteiger charge is -2.22. The van der Waals surface area contributed by atoms with Gasteiger partial charge in [-0.05, 0) is 43.3 Å². The summed E-state index contributed by atoms with van der Waals surface area (Å²) in [6, 6.07) is 12.7. The van der Waals surface area contributed by atoms with Gasteiger partial charge in [0, 0.05) is 11.1 Å². The van der Waals surface area contributed by atoms with Crippen LogP contribution in [0.4, 0.5) is 10.1 Å². The van der Waals surface area contributed by atoms with E-state index in [1.807, 2.05) is 12.3 Å². The van der Waals surface area contributed by atoms with E-state index < -0.39 is 0 Å². The normalized spacial score (nSPS) is 11.0. The molecule has 0 atom stereocenters. The van der Waals surface area contributed by atoms with Gasteiger partial charge >= 0.3 is 0 Å². The number of rotatable bonds is 5. The summed E-state index contributed by atoms with van der Waals surface area (Å²) < 4.78 is 14.6. The molecule has 0 spiro atoms. The van der Waals surface area contributed by atoms with Crippen molar-refractivity contribution in [3.05, 3.63) is 87.1 Å². The Morgan fingerprint density at radius 1 is 1.17 bits per heavy atom. The molecule has 0 bridgehead atoms. The second-order valence-corrected chi connectivity index (χ2v) is 7.57. The van der Waals surface area contributed by atoms with E-state index in [0.717, 1.165) is 10.7 Å². The molecule has 4 aromatic rings. The molecule has 146 valence electrons. The molecule has 0 unspecified atom stereocenters. The van der Waals surface area contributed by atoms with Gasteiger partial charge in [-0.25, -0.2) is 14.4 Å². The lowest BCUT2D eigenvalue weighted by Crippen LogP contribution is -2.36. The monoisotopic (exact) mass is 408 g/mol. The number of thiazole rings is 1. The maximum atomic E-state index is 13.4. The molecule has 1 amide bonds. The fourth-order valence-electron chi connectivity index (χ4n) is 3.04. The van der Waals surface area contributed by atoms with Crippen LogP contribution in [0.2, 0.25) is 0 Å². The number of halogens is 1. The highest BCUT2D eigenvalue weighted by Crippen LogP contribution is 2.20. The summed E-state index contributed by atoms with van der Waals surface area (Å²) in [5.74, 6) is -0.706. The first-order valence-corrected chi connectivity index (χ1v) is 9.80. The molecular weight excluding hydrogens is 391 g/mol. The van der Waals surface area contributed by atoms with Crippen molar-refractivity contribution in [3.63, 3.8) is 0 Å². The second kappa shape index (κ2) is 7.92. The number of para-hydroxylation sites is 1. The summed E-state index contributed by atoms with van der Waals surface area (Å²) in [5, 5.41) is 3.22. The molecule has 0 aliphatic heterocycles. The van der Waals surface area contributed by atoms with Crippen LogP contribution in [-0.4, -0.2) is 20.4 Å². The van der Waals surface area contributed by atoms with E-state index in [0.29, 0.717) is 16.6 Å². The molecule has 2 aromatic carbocycles. The van der Waals surface area contributed by atoms with Gasteiger partial charge in [0.15, 0.2) is 0 Å². The zero-order valence-corrected chi connectivity index (χ0v) is 16.4. The largest absolute Gasteiger partial charge is 0.305 e. The lowest BCUT2D eigenvalue weighted by molar-refractivity contribution is -0.119. The number of hydrogen-bond donors (Lipinski definition) is 0. The number of nitrogens with zero attached hydrogens (tertiary/aromatic N) is 4. The van der Waals surface area contributed by atoms with Gasteiger partial charge in [0.2, 0.25) is 5.91 Å². The maximum absolute atomic E-state index is 13.4. The third-order valence-corrected chi connectivity index (χ3v) is 5.29. The van der Waals surface area contributed by atoms with Crippen molar-refractivity contribution in [2.45, 2.75) is 20.0 Å². The Labute approximate surface area is 169 Å². The molecular formula is C21H17FN4O2S. The summed E-state index contributed by atoms with van der Waals surface area (Å²) in [6.45, 7) is 1.93. The molecule has 0 fully saturated rings. The Hall–Kier alpha value is -3.39. The zero-order chi connectivity index (χ0) is 20.4. The van der Waals surface area contributed by atoms with Crippen molar-refractivity contribution in [3.8, 4) is 0 Å². The molecule has 0 saturated heterocycles. The van der Waals surface area contributed by atoms with Gasteiger partial charge in [-0.2, -0.15) is 0 Å². The van der Waals surface area contributed by atoms with E-state index in [9.17, 15) is 14.0 Å². The number of aromatic nitrogens is 3. The first-order chi connectivity index (χ1) is 14.0. The van der Waals surface area contributed by atoms with Gasteiger partial charge in [0.05, 0.1) is 34.5 Å². The maximum Gasteiger partial charge on any atom is 0.261 e. The first kappa shape index (κ1) is 18.9. The molecule has 0 N–H and O–H groups in total. The van der Waals surface area contributed by atoms with Crippen LogP contribution in [0.25, 0.3) is 10.9 Å². The second-order valence-electron chi connectivity index (χ2n) is 6.51. The zero-order valence-electron chi connectivity index (χ0n) is 15.6. The average molecular weight is 408 g/mol. The van der Waals surface area contributed by atoms with Crippen molar-refractivity contribution < 1.29 is 9.18 Å². The van der Waals surface area contributed by atoms with Crippen molar-refractivity contribution in [1.82, 2.24) is 14.5 Å². The van der Waals surface area contributed by atoms with Crippen LogP contribution >= 0.6 is 11.3 Å². The SMILES string of the molecule is Cc1nc(CN(C(=O)Cn2cnc3ccccc3c2=O)c2ccc(F)cc2)cs1. The Balaban J connectivity index is 1.66. The van der Waals surface area contributed by atoms with Crippen molar-refractivity contribution in [2.75, 3.05) is 4.90 Å². The van der Waals surface area contributed by atoms with Gasteiger partial charge in [-0.15, -0.1) is 11.3 Å². The van der Waals surface area contributed by atoms with Crippen molar-refractivity contribution in [1.29, 1.82) is 0 Å². The van der Waals surface area contributed by atoms with Gasteiger partial charge < -0.3 is 4.90 Å². The predicted molar refractivity (Wildman–Crippen MR) is 110 cm³/mol. The molecule has 6 nitrogen and oxygen atoms in total. The summed E-state index contributed by atoms with van der Waals surface area (Å²) >= 11 is 1.49. The molecule has 8 heteroatoms. The van der Waals surface area contributed by atoms with Gasteiger partial charge in [-0.1, -0.05) is 12.1 Å². The van der Waals surface area contributed by atoms with Crippen LogP contribution in [0, 0.1) is 12.7 Å².